The minimum Gasteiger partial charge on any atom is -0.508 e. The Hall–Kier alpha value is -4.38. The molecular weight excluding hydrogens is 414 g/mol. The topological polar surface area (TPSA) is 77.8 Å². The predicted octanol–water partition coefficient (Wildman–Crippen LogP) is 5.48. The van der Waals surface area contributed by atoms with Crippen molar-refractivity contribution in [2.45, 2.75) is 13.0 Å². The number of aliphatic hydroxyl groups is 1. The van der Waals surface area contributed by atoms with Gasteiger partial charge in [0.05, 0.1) is 11.6 Å². The lowest BCUT2D eigenvalue weighted by atomic mass is 9.94. The van der Waals surface area contributed by atoms with Gasteiger partial charge in [0.1, 0.15) is 11.5 Å². The molecule has 1 fully saturated rings. The number of phenols is 1. The normalized spacial score (nSPS) is 17.6. The van der Waals surface area contributed by atoms with E-state index in [-0.39, 0.29) is 17.1 Å². The number of phenolic OH excluding ortho intramolecular Hbond substituents is 1. The number of ketones is 1. The van der Waals surface area contributed by atoms with Crippen molar-refractivity contribution in [3.63, 3.8) is 0 Å². The average molecular weight is 435 g/mol. The number of anilines is 1. The van der Waals surface area contributed by atoms with Crippen molar-refractivity contribution >= 4 is 33.9 Å². The van der Waals surface area contributed by atoms with Gasteiger partial charge in [0.2, 0.25) is 0 Å². The standard InChI is InChI=1S/C28H21NO4/c1-17-9-13-22(14-10-17)29-25(20-7-4-8-23(30)16-20)24(27(32)28(29)33)26(31)21-12-11-18-5-2-3-6-19(18)15-21/h2-16,25,30-31H,1H3/b26-24-. The van der Waals surface area contributed by atoms with E-state index in [1.165, 1.54) is 17.0 Å². The van der Waals surface area contributed by atoms with Crippen LogP contribution in [0.15, 0.2) is 96.6 Å². The van der Waals surface area contributed by atoms with Crippen LogP contribution in [0.3, 0.4) is 0 Å². The van der Waals surface area contributed by atoms with Crippen LogP contribution in [0, 0.1) is 6.92 Å². The minimum absolute atomic E-state index is 0.00713. The molecule has 1 saturated heterocycles. The predicted molar refractivity (Wildman–Crippen MR) is 128 cm³/mol. The van der Waals surface area contributed by atoms with E-state index in [2.05, 4.69) is 0 Å². The molecular formula is C28H21NO4. The number of aromatic hydroxyl groups is 1. The smallest absolute Gasteiger partial charge is 0.300 e. The van der Waals surface area contributed by atoms with Gasteiger partial charge in [-0.05, 0) is 53.6 Å². The van der Waals surface area contributed by atoms with Gasteiger partial charge >= 0.3 is 0 Å². The van der Waals surface area contributed by atoms with Gasteiger partial charge in [0.25, 0.3) is 11.7 Å². The van der Waals surface area contributed by atoms with Crippen LogP contribution in [0.1, 0.15) is 22.7 Å². The molecule has 1 atom stereocenters. The quantitative estimate of drug-likeness (QED) is 0.254. The Morgan fingerprint density at radius 1 is 0.818 bits per heavy atom. The summed E-state index contributed by atoms with van der Waals surface area (Å²) in [7, 11) is 0. The van der Waals surface area contributed by atoms with E-state index in [1.807, 2.05) is 49.4 Å². The number of aryl methyl sites for hydroxylation is 1. The zero-order valence-corrected chi connectivity index (χ0v) is 17.9. The van der Waals surface area contributed by atoms with Gasteiger partial charge in [0.15, 0.2) is 0 Å². The summed E-state index contributed by atoms with van der Waals surface area (Å²) in [4.78, 5) is 27.8. The number of amides is 1. The molecule has 5 heteroatoms. The van der Waals surface area contributed by atoms with Crippen LogP contribution in [0.5, 0.6) is 5.75 Å². The van der Waals surface area contributed by atoms with Crippen LogP contribution in [0.4, 0.5) is 5.69 Å². The first-order valence-electron chi connectivity index (χ1n) is 10.6. The summed E-state index contributed by atoms with van der Waals surface area (Å²) >= 11 is 0. The van der Waals surface area contributed by atoms with Crippen LogP contribution < -0.4 is 4.90 Å². The van der Waals surface area contributed by atoms with Crippen molar-refractivity contribution in [2.24, 2.45) is 0 Å². The van der Waals surface area contributed by atoms with Gasteiger partial charge in [-0.3, -0.25) is 14.5 Å². The maximum absolute atomic E-state index is 13.2. The summed E-state index contributed by atoms with van der Waals surface area (Å²) in [5.74, 6) is -1.74. The maximum Gasteiger partial charge on any atom is 0.300 e. The lowest BCUT2D eigenvalue weighted by Crippen LogP contribution is -2.29. The van der Waals surface area contributed by atoms with Gasteiger partial charge in [-0.1, -0.05) is 66.2 Å². The third-order valence-corrected chi connectivity index (χ3v) is 5.97. The molecule has 2 N–H and O–H groups in total. The molecule has 1 heterocycles. The van der Waals surface area contributed by atoms with Crippen molar-refractivity contribution in [1.29, 1.82) is 0 Å². The fourth-order valence-corrected chi connectivity index (χ4v) is 4.31. The zero-order chi connectivity index (χ0) is 23.1. The number of fused-ring (bicyclic) bond motifs is 1. The molecule has 5 rings (SSSR count). The lowest BCUT2D eigenvalue weighted by molar-refractivity contribution is -0.132. The number of aliphatic hydroxyl groups excluding tert-OH is 1. The second-order valence-corrected chi connectivity index (χ2v) is 8.16. The molecule has 1 unspecified atom stereocenters. The first kappa shape index (κ1) is 20.5. The number of hydrogen-bond donors (Lipinski definition) is 2. The second kappa shape index (κ2) is 7.95. The molecule has 0 radical (unpaired) electrons. The fourth-order valence-electron chi connectivity index (χ4n) is 4.31. The summed E-state index contributed by atoms with van der Waals surface area (Å²) in [6.45, 7) is 1.93. The fraction of sp³-hybridized carbons (Fsp3) is 0.0714. The van der Waals surface area contributed by atoms with Crippen LogP contribution in [-0.2, 0) is 9.59 Å². The first-order chi connectivity index (χ1) is 15.9. The Morgan fingerprint density at radius 3 is 2.27 bits per heavy atom. The van der Waals surface area contributed by atoms with Crippen molar-refractivity contribution in [3.8, 4) is 5.75 Å². The average Bonchev–Trinajstić information content (AvgIpc) is 3.09. The first-order valence-corrected chi connectivity index (χ1v) is 10.6. The van der Waals surface area contributed by atoms with Crippen LogP contribution >= 0.6 is 0 Å². The van der Waals surface area contributed by atoms with E-state index in [0.29, 0.717) is 16.8 Å². The highest BCUT2D eigenvalue weighted by atomic mass is 16.3. The molecule has 0 bridgehead atoms. The van der Waals surface area contributed by atoms with E-state index >= 15 is 0 Å². The van der Waals surface area contributed by atoms with Gasteiger partial charge in [-0.15, -0.1) is 0 Å². The Balaban J connectivity index is 1.73. The summed E-state index contributed by atoms with van der Waals surface area (Å²) in [5.41, 5.74) is 2.51. The Labute approximate surface area is 190 Å². The Morgan fingerprint density at radius 2 is 1.55 bits per heavy atom. The summed E-state index contributed by atoms with van der Waals surface area (Å²) < 4.78 is 0. The number of hydrogen-bond acceptors (Lipinski definition) is 4. The highest BCUT2D eigenvalue weighted by molar-refractivity contribution is 6.51. The van der Waals surface area contributed by atoms with Crippen LogP contribution in [0.25, 0.3) is 16.5 Å². The summed E-state index contributed by atoms with van der Waals surface area (Å²) in [5, 5.41) is 23.3. The van der Waals surface area contributed by atoms with Crippen molar-refractivity contribution in [3.05, 3.63) is 113 Å². The Bertz CT molecular complexity index is 1440. The number of Topliss-reactive ketones (excluding diaryl/α,β-unsaturated/α-hetero) is 1. The highest BCUT2D eigenvalue weighted by Crippen LogP contribution is 2.43. The van der Waals surface area contributed by atoms with E-state index in [4.69, 9.17) is 0 Å². The second-order valence-electron chi connectivity index (χ2n) is 8.16. The van der Waals surface area contributed by atoms with Crippen molar-refractivity contribution in [2.75, 3.05) is 4.90 Å². The van der Waals surface area contributed by atoms with Gasteiger partial charge in [-0.2, -0.15) is 0 Å². The monoisotopic (exact) mass is 435 g/mol. The maximum atomic E-state index is 13.2. The van der Waals surface area contributed by atoms with Gasteiger partial charge in [-0.25, -0.2) is 0 Å². The number of carbonyl (C=O) groups is 2. The molecule has 0 saturated carbocycles. The molecule has 1 amide bonds. The molecule has 4 aromatic rings. The summed E-state index contributed by atoms with van der Waals surface area (Å²) in [6, 6.07) is 25.9. The minimum atomic E-state index is -0.883. The molecule has 1 aliphatic rings. The van der Waals surface area contributed by atoms with E-state index in [0.717, 1.165) is 16.3 Å². The third kappa shape index (κ3) is 3.53. The Kier molecular flexibility index (Phi) is 4.94. The van der Waals surface area contributed by atoms with Crippen molar-refractivity contribution in [1.82, 2.24) is 0 Å². The largest absolute Gasteiger partial charge is 0.508 e. The SMILES string of the molecule is Cc1ccc(N2C(=O)C(=O)/C(=C(\O)c3ccc4ccccc4c3)C2c2cccc(O)c2)cc1. The van der Waals surface area contributed by atoms with Crippen LogP contribution in [-0.4, -0.2) is 21.9 Å². The molecule has 33 heavy (non-hydrogen) atoms. The molecule has 5 nitrogen and oxygen atoms in total. The molecule has 0 spiro atoms. The zero-order valence-electron chi connectivity index (χ0n) is 17.9. The summed E-state index contributed by atoms with van der Waals surface area (Å²) in [6.07, 6.45) is 0. The molecule has 162 valence electrons. The van der Waals surface area contributed by atoms with Crippen LogP contribution in [0.2, 0.25) is 0 Å². The lowest BCUT2D eigenvalue weighted by Gasteiger charge is -2.25. The third-order valence-electron chi connectivity index (χ3n) is 5.97. The number of benzene rings is 4. The van der Waals surface area contributed by atoms with E-state index in [1.54, 1.807) is 36.4 Å². The van der Waals surface area contributed by atoms with Gasteiger partial charge < -0.3 is 10.2 Å². The molecule has 0 aliphatic carbocycles. The van der Waals surface area contributed by atoms with Gasteiger partial charge in [0, 0.05) is 11.3 Å². The highest BCUT2D eigenvalue weighted by Gasteiger charge is 2.47. The van der Waals surface area contributed by atoms with Crippen molar-refractivity contribution < 1.29 is 19.8 Å². The molecule has 0 aromatic heterocycles. The molecule has 4 aromatic carbocycles. The number of nitrogens with zero attached hydrogens (tertiary/aromatic N) is 1. The number of carbonyl (C=O) groups excluding carboxylic acids is 2. The number of rotatable bonds is 3. The van der Waals surface area contributed by atoms with E-state index in [9.17, 15) is 19.8 Å². The van der Waals surface area contributed by atoms with E-state index < -0.39 is 17.7 Å². The molecule has 1 aliphatic heterocycles.